The number of para-hydroxylation sites is 3. The minimum atomic E-state index is -0.0352. The van der Waals surface area contributed by atoms with Crippen molar-refractivity contribution >= 4 is 60.8 Å². The van der Waals surface area contributed by atoms with Crippen LogP contribution in [-0.2, 0) is 5.41 Å². The number of fused-ring (bicyclic) bond motifs is 9. The maximum atomic E-state index is 2.56. The van der Waals surface area contributed by atoms with Crippen LogP contribution in [0.5, 0.6) is 0 Å². The lowest BCUT2D eigenvalue weighted by Gasteiger charge is -2.35. The first-order chi connectivity index (χ1) is 35.0. The summed E-state index contributed by atoms with van der Waals surface area (Å²) in [6, 6.07) is 91.3. The second-order valence-electron chi connectivity index (χ2n) is 19.6. The number of benzene rings is 11. The highest BCUT2D eigenvalue weighted by Crippen LogP contribution is 2.55. The number of nitrogens with zero attached hydrogens (tertiary/aromatic N) is 2. The standard InChI is InChI=1S/C69H52N2/c1-69(2)65-34-18-15-31-60(65)61-44-42-52(46-66(61)69)71(50-39-37-48(38-40-50)47-21-5-3-6-22-47)68-36-20-17-33-63(68)57-29-13-12-28-56(57)62-32-16-19-35-67(62)70(49-23-7-4-8-24-49)51-41-43-59-55-27-10-9-25-53(55)54-26-11-14-30-58(54)64(59)45-51/h3-46,61,66H,1-2H3. The van der Waals surface area contributed by atoms with Gasteiger partial charge >= 0.3 is 0 Å². The van der Waals surface area contributed by atoms with Crippen LogP contribution in [0.4, 0.5) is 28.4 Å². The molecule has 0 fully saturated rings. The lowest BCUT2D eigenvalue weighted by Crippen LogP contribution is -2.28. The summed E-state index contributed by atoms with van der Waals surface area (Å²) in [6.45, 7) is 4.84. The Morgan fingerprint density at radius 1 is 0.352 bits per heavy atom. The van der Waals surface area contributed by atoms with Crippen molar-refractivity contribution in [1.29, 1.82) is 0 Å². The quantitative estimate of drug-likeness (QED) is 0.133. The van der Waals surface area contributed by atoms with Crippen LogP contribution in [0.3, 0.4) is 0 Å². The van der Waals surface area contributed by atoms with Crippen molar-refractivity contribution in [2.45, 2.75) is 25.2 Å². The van der Waals surface area contributed by atoms with Gasteiger partial charge in [-0.15, -0.1) is 0 Å². The Kier molecular flexibility index (Phi) is 10.4. The molecule has 0 saturated heterocycles. The maximum absolute atomic E-state index is 2.56. The molecular formula is C69H52N2. The van der Waals surface area contributed by atoms with E-state index in [0.717, 1.165) is 50.7 Å². The molecule has 0 radical (unpaired) electrons. The third-order valence-corrected chi connectivity index (χ3v) is 15.3. The van der Waals surface area contributed by atoms with Crippen LogP contribution in [0, 0.1) is 5.92 Å². The molecule has 338 valence electrons. The monoisotopic (exact) mass is 908 g/mol. The Bertz CT molecular complexity index is 3830. The van der Waals surface area contributed by atoms with Crippen molar-refractivity contribution < 1.29 is 0 Å². The molecule has 11 aromatic carbocycles. The normalized spacial score (nSPS) is 15.6. The van der Waals surface area contributed by atoms with Crippen molar-refractivity contribution in [1.82, 2.24) is 0 Å². The highest BCUT2D eigenvalue weighted by Gasteiger charge is 2.45. The molecule has 0 aliphatic heterocycles. The van der Waals surface area contributed by atoms with Crippen LogP contribution in [0.2, 0.25) is 0 Å². The second-order valence-corrected chi connectivity index (χ2v) is 19.6. The predicted octanol–water partition coefficient (Wildman–Crippen LogP) is 18.9. The number of hydrogen-bond acceptors (Lipinski definition) is 2. The van der Waals surface area contributed by atoms with Gasteiger partial charge in [-0.1, -0.05) is 226 Å². The Morgan fingerprint density at radius 2 is 0.803 bits per heavy atom. The minimum Gasteiger partial charge on any atom is -0.310 e. The summed E-state index contributed by atoms with van der Waals surface area (Å²) in [5.74, 6) is 0.626. The molecule has 13 rings (SSSR count). The molecule has 2 aliphatic carbocycles. The fraction of sp³-hybridized carbons (Fsp3) is 0.0725. The lowest BCUT2D eigenvalue weighted by molar-refractivity contribution is 0.392. The Labute approximate surface area is 416 Å². The van der Waals surface area contributed by atoms with Gasteiger partial charge in [0.05, 0.1) is 11.4 Å². The summed E-state index contributed by atoms with van der Waals surface area (Å²) in [5, 5.41) is 7.56. The number of rotatable bonds is 9. The SMILES string of the molecule is CC1(C)c2ccccc2C2C=CC(N(c3ccc(-c4ccccc4)cc3)c3ccccc3-c3ccccc3-c3ccccc3N(c3ccccc3)c3ccc4c5ccccc5c5ccccc5c4c3)=CC21. The molecular weight excluding hydrogens is 857 g/mol. The van der Waals surface area contributed by atoms with Crippen molar-refractivity contribution in [2.24, 2.45) is 5.92 Å². The fourth-order valence-electron chi connectivity index (χ4n) is 12.0. The summed E-state index contributed by atoms with van der Waals surface area (Å²) in [4.78, 5) is 4.94. The van der Waals surface area contributed by atoms with Crippen molar-refractivity contribution in [3.05, 3.63) is 284 Å². The van der Waals surface area contributed by atoms with Crippen molar-refractivity contribution in [3.8, 4) is 33.4 Å². The highest BCUT2D eigenvalue weighted by molar-refractivity contribution is 6.26. The van der Waals surface area contributed by atoms with E-state index in [1.165, 1.54) is 60.3 Å². The average molecular weight is 909 g/mol. The van der Waals surface area contributed by atoms with Gasteiger partial charge in [-0.2, -0.15) is 0 Å². The van der Waals surface area contributed by atoms with E-state index in [1.54, 1.807) is 0 Å². The van der Waals surface area contributed by atoms with E-state index in [9.17, 15) is 0 Å². The van der Waals surface area contributed by atoms with E-state index in [-0.39, 0.29) is 5.41 Å². The fourth-order valence-corrected chi connectivity index (χ4v) is 12.0. The van der Waals surface area contributed by atoms with E-state index < -0.39 is 0 Å². The lowest BCUT2D eigenvalue weighted by atomic mass is 9.74. The maximum Gasteiger partial charge on any atom is 0.0540 e. The van der Waals surface area contributed by atoms with Crippen LogP contribution in [0.15, 0.2) is 273 Å². The van der Waals surface area contributed by atoms with Gasteiger partial charge in [0, 0.05) is 39.8 Å². The molecule has 2 aliphatic rings. The van der Waals surface area contributed by atoms with Crippen LogP contribution in [0.25, 0.3) is 65.7 Å². The van der Waals surface area contributed by atoms with Crippen LogP contribution in [-0.4, -0.2) is 0 Å². The van der Waals surface area contributed by atoms with Crippen molar-refractivity contribution in [2.75, 3.05) is 9.80 Å². The summed E-state index contributed by atoms with van der Waals surface area (Å²) in [6.07, 6.45) is 7.39. The predicted molar refractivity (Wildman–Crippen MR) is 301 cm³/mol. The first kappa shape index (κ1) is 42.4. The molecule has 2 heteroatoms. The number of allylic oxidation sites excluding steroid dienone is 3. The molecule has 0 aromatic heterocycles. The first-order valence-electron chi connectivity index (χ1n) is 24.9. The first-order valence-corrected chi connectivity index (χ1v) is 24.9. The van der Waals surface area contributed by atoms with Crippen molar-refractivity contribution in [3.63, 3.8) is 0 Å². The molecule has 2 atom stereocenters. The average Bonchev–Trinajstić information content (AvgIpc) is 3.67. The van der Waals surface area contributed by atoms with E-state index in [1.807, 2.05) is 0 Å². The largest absolute Gasteiger partial charge is 0.310 e. The third kappa shape index (κ3) is 7.17. The number of hydrogen-bond donors (Lipinski definition) is 0. The van der Waals surface area contributed by atoms with Gasteiger partial charge in [-0.3, -0.25) is 0 Å². The third-order valence-electron chi connectivity index (χ3n) is 15.3. The number of anilines is 5. The molecule has 71 heavy (non-hydrogen) atoms. The summed E-state index contributed by atoms with van der Waals surface area (Å²) in [5.41, 5.74) is 16.6. The molecule has 0 amide bonds. The van der Waals surface area contributed by atoms with Gasteiger partial charge in [0.2, 0.25) is 0 Å². The van der Waals surface area contributed by atoms with E-state index >= 15 is 0 Å². The zero-order valence-electron chi connectivity index (χ0n) is 40.0. The highest BCUT2D eigenvalue weighted by atomic mass is 15.2. The molecule has 0 saturated carbocycles. The molecule has 0 N–H and O–H groups in total. The van der Waals surface area contributed by atoms with Crippen LogP contribution in [0.1, 0.15) is 30.9 Å². The van der Waals surface area contributed by atoms with Crippen LogP contribution < -0.4 is 9.80 Å². The smallest absolute Gasteiger partial charge is 0.0540 e. The summed E-state index contributed by atoms with van der Waals surface area (Å²) < 4.78 is 0. The van der Waals surface area contributed by atoms with Gasteiger partial charge in [-0.25, -0.2) is 0 Å². The van der Waals surface area contributed by atoms with Gasteiger partial charge < -0.3 is 9.80 Å². The molecule has 0 spiro atoms. The summed E-state index contributed by atoms with van der Waals surface area (Å²) in [7, 11) is 0. The van der Waals surface area contributed by atoms with E-state index in [4.69, 9.17) is 0 Å². The topological polar surface area (TPSA) is 6.48 Å². The Morgan fingerprint density at radius 3 is 1.44 bits per heavy atom. The Balaban J connectivity index is 0.981. The minimum absolute atomic E-state index is 0.0352. The molecule has 11 aromatic rings. The molecule has 2 nitrogen and oxygen atoms in total. The molecule has 0 bridgehead atoms. The zero-order valence-corrected chi connectivity index (χ0v) is 40.0. The zero-order chi connectivity index (χ0) is 47.5. The second kappa shape index (κ2) is 17.4. The Hall–Kier alpha value is -8.72. The molecule has 0 heterocycles. The summed E-state index contributed by atoms with van der Waals surface area (Å²) >= 11 is 0. The van der Waals surface area contributed by atoms with Gasteiger partial charge in [0.15, 0.2) is 0 Å². The van der Waals surface area contributed by atoms with Crippen LogP contribution >= 0.6 is 0 Å². The van der Waals surface area contributed by atoms with Gasteiger partial charge in [-0.05, 0) is 132 Å². The van der Waals surface area contributed by atoms with E-state index in [2.05, 4.69) is 291 Å². The molecule has 2 unspecified atom stereocenters. The van der Waals surface area contributed by atoms with Gasteiger partial charge in [0.1, 0.15) is 0 Å². The van der Waals surface area contributed by atoms with E-state index in [0.29, 0.717) is 11.8 Å². The van der Waals surface area contributed by atoms with Gasteiger partial charge in [0.25, 0.3) is 0 Å².